The van der Waals surface area contributed by atoms with Crippen LogP contribution in [-0.4, -0.2) is 6.61 Å². The van der Waals surface area contributed by atoms with Crippen LogP contribution >= 0.6 is 23.2 Å². The first kappa shape index (κ1) is 13.4. The minimum absolute atomic E-state index is 0.168. The maximum atomic E-state index is 6.19. The third-order valence-corrected chi connectivity index (χ3v) is 5.19. The number of para-hydroxylation sites is 1. The molecular formula is C17H15Cl2NO. The van der Waals surface area contributed by atoms with Gasteiger partial charge in [0.15, 0.2) is 0 Å². The molecule has 0 spiro atoms. The Balaban J connectivity index is 1.78. The predicted octanol–water partition coefficient (Wildman–Crippen LogP) is 5.24. The molecule has 0 amide bonds. The molecule has 0 aromatic heterocycles. The molecule has 2 unspecified atom stereocenters. The van der Waals surface area contributed by atoms with Gasteiger partial charge in [-0.2, -0.15) is 0 Å². The van der Waals surface area contributed by atoms with Crippen LogP contribution in [0.2, 0.25) is 10.0 Å². The Morgan fingerprint density at radius 1 is 1.05 bits per heavy atom. The fourth-order valence-electron chi connectivity index (χ4n) is 3.46. The summed E-state index contributed by atoms with van der Waals surface area (Å²) in [5, 5.41) is 4.85. The largest absolute Gasteiger partial charge is 0.378 e. The van der Waals surface area contributed by atoms with E-state index in [4.69, 9.17) is 27.9 Å². The molecule has 2 nitrogen and oxygen atoms in total. The molecule has 21 heavy (non-hydrogen) atoms. The molecule has 2 aromatic carbocycles. The molecule has 0 aliphatic carbocycles. The summed E-state index contributed by atoms with van der Waals surface area (Å²) in [7, 11) is 0. The normalized spacial score (nSPS) is 26.9. The minimum Gasteiger partial charge on any atom is -0.378 e. The standard InChI is InChI=1S/C17H15Cl2NO/c18-13-6-5-10(9-14(13)19)16-12-7-8-21-17(12)11-3-1-2-4-15(11)20-16/h1-6,9,12,16-17,20H,7-8H2/t12?,16-,17?/m1/s1. The van der Waals surface area contributed by atoms with Crippen LogP contribution in [0, 0.1) is 5.92 Å². The molecule has 2 aliphatic heterocycles. The van der Waals surface area contributed by atoms with Crippen molar-refractivity contribution in [2.45, 2.75) is 18.6 Å². The Labute approximate surface area is 134 Å². The van der Waals surface area contributed by atoms with Crippen molar-refractivity contribution in [2.75, 3.05) is 11.9 Å². The molecule has 3 atom stereocenters. The van der Waals surface area contributed by atoms with E-state index in [0.29, 0.717) is 16.0 Å². The molecule has 108 valence electrons. The quantitative estimate of drug-likeness (QED) is 0.776. The number of ether oxygens (including phenoxy) is 1. The summed E-state index contributed by atoms with van der Waals surface area (Å²) in [5.74, 6) is 0.428. The molecule has 1 N–H and O–H groups in total. The first-order valence-electron chi connectivity index (χ1n) is 7.16. The third kappa shape index (κ3) is 2.22. The average molecular weight is 320 g/mol. The molecule has 0 radical (unpaired) electrons. The van der Waals surface area contributed by atoms with E-state index in [1.807, 2.05) is 18.2 Å². The van der Waals surface area contributed by atoms with Crippen molar-refractivity contribution in [3.8, 4) is 0 Å². The molecule has 4 rings (SSSR count). The molecular weight excluding hydrogens is 305 g/mol. The first-order valence-corrected chi connectivity index (χ1v) is 7.91. The van der Waals surface area contributed by atoms with Gasteiger partial charge in [-0.25, -0.2) is 0 Å². The summed E-state index contributed by atoms with van der Waals surface area (Å²) in [6.45, 7) is 0.809. The highest BCUT2D eigenvalue weighted by atomic mass is 35.5. The lowest BCUT2D eigenvalue weighted by molar-refractivity contribution is 0.0829. The average Bonchev–Trinajstić information content (AvgIpc) is 2.99. The second-order valence-electron chi connectivity index (χ2n) is 5.63. The van der Waals surface area contributed by atoms with Crippen LogP contribution in [0.4, 0.5) is 5.69 Å². The van der Waals surface area contributed by atoms with Crippen molar-refractivity contribution in [3.63, 3.8) is 0 Å². The Morgan fingerprint density at radius 2 is 1.90 bits per heavy atom. The van der Waals surface area contributed by atoms with Gasteiger partial charge in [0.2, 0.25) is 0 Å². The number of fused-ring (bicyclic) bond motifs is 3. The van der Waals surface area contributed by atoms with E-state index < -0.39 is 0 Å². The van der Waals surface area contributed by atoms with Gasteiger partial charge in [-0.15, -0.1) is 0 Å². The molecule has 0 bridgehead atoms. The minimum atomic E-state index is 0.168. The van der Waals surface area contributed by atoms with E-state index in [-0.39, 0.29) is 12.1 Å². The number of hydrogen-bond acceptors (Lipinski definition) is 2. The van der Waals surface area contributed by atoms with E-state index >= 15 is 0 Å². The number of rotatable bonds is 1. The molecule has 1 saturated heterocycles. The van der Waals surface area contributed by atoms with Gasteiger partial charge in [-0.05, 0) is 30.2 Å². The van der Waals surface area contributed by atoms with Crippen molar-refractivity contribution in [2.24, 2.45) is 5.92 Å². The van der Waals surface area contributed by atoms with Gasteiger partial charge in [0.05, 0.1) is 22.2 Å². The second-order valence-corrected chi connectivity index (χ2v) is 6.44. The van der Waals surface area contributed by atoms with Gasteiger partial charge in [-0.3, -0.25) is 0 Å². The van der Waals surface area contributed by atoms with E-state index in [2.05, 4.69) is 29.6 Å². The second kappa shape index (κ2) is 5.20. The van der Waals surface area contributed by atoms with Gasteiger partial charge >= 0.3 is 0 Å². The van der Waals surface area contributed by atoms with E-state index in [0.717, 1.165) is 18.7 Å². The highest BCUT2D eigenvalue weighted by Crippen LogP contribution is 2.50. The maximum absolute atomic E-state index is 6.19. The highest BCUT2D eigenvalue weighted by molar-refractivity contribution is 6.42. The van der Waals surface area contributed by atoms with Crippen LogP contribution in [-0.2, 0) is 4.74 Å². The van der Waals surface area contributed by atoms with Crippen LogP contribution in [0.5, 0.6) is 0 Å². The fraction of sp³-hybridized carbons (Fsp3) is 0.294. The topological polar surface area (TPSA) is 21.3 Å². The zero-order valence-electron chi connectivity index (χ0n) is 11.4. The molecule has 2 heterocycles. The third-order valence-electron chi connectivity index (χ3n) is 4.45. The number of halogens is 2. The fourth-order valence-corrected chi connectivity index (χ4v) is 3.76. The number of hydrogen-bond donors (Lipinski definition) is 1. The molecule has 4 heteroatoms. The summed E-state index contributed by atoms with van der Waals surface area (Å²) in [6.07, 6.45) is 1.22. The smallest absolute Gasteiger partial charge is 0.0896 e. The summed E-state index contributed by atoms with van der Waals surface area (Å²) < 4.78 is 5.99. The van der Waals surface area contributed by atoms with E-state index in [9.17, 15) is 0 Å². The Hall–Kier alpha value is -1.22. The molecule has 1 fully saturated rings. The zero-order valence-corrected chi connectivity index (χ0v) is 12.9. The highest BCUT2D eigenvalue weighted by Gasteiger charge is 2.41. The maximum Gasteiger partial charge on any atom is 0.0896 e. The van der Waals surface area contributed by atoms with Gasteiger partial charge < -0.3 is 10.1 Å². The predicted molar refractivity (Wildman–Crippen MR) is 86.1 cm³/mol. The lowest BCUT2D eigenvalue weighted by Gasteiger charge is -2.36. The lowest BCUT2D eigenvalue weighted by atomic mass is 9.81. The SMILES string of the molecule is Clc1ccc([C@H]2Nc3ccccc3C3OCCC32)cc1Cl. The van der Waals surface area contributed by atoms with Crippen LogP contribution in [0.25, 0.3) is 0 Å². The van der Waals surface area contributed by atoms with Crippen molar-refractivity contribution >= 4 is 28.9 Å². The molecule has 2 aliphatic rings. The van der Waals surface area contributed by atoms with Gasteiger partial charge in [0, 0.05) is 23.8 Å². The number of nitrogens with one attached hydrogen (secondary N) is 1. The van der Waals surface area contributed by atoms with Crippen molar-refractivity contribution in [3.05, 3.63) is 63.6 Å². The van der Waals surface area contributed by atoms with Crippen LogP contribution < -0.4 is 5.32 Å². The van der Waals surface area contributed by atoms with Gasteiger partial charge in [-0.1, -0.05) is 47.5 Å². The lowest BCUT2D eigenvalue weighted by Crippen LogP contribution is -2.29. The Morgan fingerprint density at radius 3 is 2.76 bits per heavy atom. The van der Waals surface area contributed by atoms with E-state index in [1.54, 1.807) is 0 Å². The van der Waals surface area contributed by atoms with Gasteiger partial charge in [0.1, 0.15) is 0 Å². The van der Waals surface area contributed by atoms with Crippen molar-refractivity contribution in [1.29, 1.82) is 0 Å². The zero-order chi connectivity index (χ0) is 14.4. The van der Waals surface area contributed by atoms with Crippen LogP contribution in [0.15, 0.2) is 42.5 Å². The summed E-state index contributed by atoms with van der Waals surface area (Å²) >= 11 is 12.2. The number of benzene rings is 2. The first-order chi connectivity index (χ1) is 10.2. The summed E-state index contributed by atoms with van der Waals surface area (Å²) in [4.78, 5) is 0. The Kier molecular flexibility index (Phi) is 3.33. The van der Waals surface area contributed by atoms with Crippen LogP contribution in [0.1, 0.15) is 29.7 Å². The van der Waals surface area contributed by atoms with Gasteiger partial charge in [0.25, 0.3) is 0 Å². The van der Waals surface area contributed by atoms with E-state index in [1.165, 1.54) is 11.1 Å². The van der Waals surface area contributed by atoms with Crippen molar-refractivity contribution in [1.82, 2.24) is 0 Å². The number of anilines is 1. The van der Waals surface area contributed by atoms with Crippen molar-refractivity contribution < 1.29 is 4.74 Å². The molecule has 0 saturated carbocycles. The monoisotopic (exact) mass is 319 g/mol. The Bertz CT molecular complexity index is 688. The molecule has 2 aromatic rings. The summed E-state index contributed by atoms with van der Waals surface area (Å²) in [6, 6.07) is 14.5. The van der Waals surface area contributed by atoms with Crippen LogP contribution in [0.3, 0.4) is 0 Å². The summed E-state index contributed by atoms with van der Waals surface area (Å²) in [5.41, 5.74) is 3.58.